The van der Waals surface area contributed by atoms with Gasteiger partial charge in [-0.05, 0) is 29.3 Å². The zero-order valence-electron chi connectivity index (χ0n) is 10.7. The van der Waals surface area contributed by atoms with Crippen molar-refractivity contribution in [3.63, 3.8) is 0 Å². The number of hydrogen-bond donors (Lipinski definition) is 1. The van der Waals surface area contributed by atoms with Gasteiger partial charge >= 0.3 is 5.97 Å². The summed E-state index contributed by atoms with van der Waals surface area (Å²) < 4.78 is 4.97. The summed E-state index contributed by atoms with van der Waals surface area (Å²) in [5, 5.41) is 0. The van der Waals surface area contributed by atoms with E-state index in [0.717, 1.165) is 16.8 Å². The summed E-state index contributed by atoms with van der Waals surface area (Å²) in [5.41, 5.74) is 8.59. The highest BCUT2D eigenvalue weighted by molar-refractivity contribution is 5.76. The van der Waals surface area contributed by atoms with Gasteiger partial charge in [-0.1, -0.05) is 42.5 Å². The molecule has 3 nitrogen and oxygen atoms in total. The van der Waals surface area contributed by atoms with Crippen molar-refractivity contribution in [1.82, 2.24) is 0 Å². The molecular formula is C16H15NO2. The van der Waals surface area contributed by atoms with Gasteiger partial charge < -0.3 is 10.5 Å². The highest BCUT2D eigenvalue weighted by Gasteiger charge is 1.97. The first-order valence-corrected chi connectivity index (χ1v) is 5.96. The van der Waals surface area contributed by atoms with Crippen LogP contribution >= 0.6 is 0 Å². The number of anilines is 1. The highest BCUT2D eigenvalue weighted by atomic mass is 16.5. The number of para-hydroxylation sites is 1. The predicted molar refractivity (Wildman–Crippen MR) is 77.5 cm³/mol. The van der Waals surface area contributed by atoms with Crippen molar-refractivity contribution in [2.45, 2.75) is 6.92 Å². The Hall–Kier alpha value is -2.55. The van der Waals surface area contributed by atoms with Crippen LogP contribution in [0.5, 0.6) is 5.75 Å². The summed E-state index contributed by atoms with van der Waals surface area (Å²) in [7, 11) is 0. The third kappa shape index (κ3) is 3.71. The van der Waals surface area contributed by atoms with Gasteiger partial charge in [0.25, 0.3) is 0 Å². The average molecular weight is 253 g/mol. The largest absolute Gasteiger partial charge is 0.427 e. The van der Waals surface area contributed by atoms with Crippen molar-refractivity contribution in [2.75, 3.05) is 5.73 Å². The van der Waals surface area contributed by atoms with Crippen LogP contribution in [0.25, 0.3) is 12.2 Å². The van der Waals surface area contributed by atoms with Crippen molar-refractivity contribution in [1.29, 1.82) is 0 Å². The molecular weight excluding hydrogens is 238 g/mol. The minimum atomic E-state index is -0.319. The van der Waals surface area contributed by atoms with E-state index in [1.165, 1.54) is 6.92 Å². The van der Waals surface area contributed by atoms with Crippen LogP contribution < -0.4 is 10.5 Å². The Bertz CT molecular complexity index is 600. The monoisotopic (exact) mass is 253 g/mol. The van der Waals surface area contributed by atoms with E-state index < -0.39 is 0 Å². The van der Waals surface area contributed by atoms with Crippen LogP contribution in [0.4, 0.5) is 5.69 Å². The second-order valence-corrected chi connectivity index (χ2v) is 4.12. The van der Waals surface area contributed by atoms with E-state index in [1.54, 1.807) is 12.1 Å². The molecule has 2 N–H and O–H groups in total. The molecule has 2 aromatic carbocycles. The minimum absolute atomic E-state index is 0.319. The molecule has 0 saturated carbocycles. The predicted octanol–water partition coefficient (Wildman–Crippen LogP) is 3.36. The van der Waals surface area contributed by atoms with Crippen LogP contribution in [0.2, 0.25) is 0 Å². The Balaban J connectivity index is 2.11. The standard InChI is InChI=1S/C16H15NO2/c1-12(18)19-15-10-7-13(8-11-15)6-9-14-4-2-3-5-16(14)17/h2-11H,17H2,1H3. The molecule has 0 atom stereocenters. The van der Waals surface area contributed by atoms with Crippen LogP contribution in [0.15, 0.2) is 48.5 Å². The quantitative estimate of drug-likeness (QED) is 0.395. The number of nitrogen functional groups attached to an aromatic ring is 1. The maximum atomic E-state index is 10.8. The van der Waals surface area contributed by atoms with Gasteiger partial charge in [0.1, 0.15) is 5.75 Å². The number of hydrogen-bond acceptors (Lipinski definition) is 3. The molecule has 0 spiro atoms. The molecule has 0 aliphatic rings. The molecule has 96 valence electrons. The van der Waals surface area contributed by atoms with Crippen molar-refractivity contribution in [2.24, 2.45) is 0 Å². The molecule has 19 heavy (non-hydrogen) atoms. The third-order valence-electron chi connectivity index (χ3n) is 2.59. The molecule has 0 bridgehead atoms. The van der Waals surface area contributed by atoms with Crippen molar-refractivity contribution >= 4 is 23.8 Å². The van der Waals surface area contributed by atoms with Crippen LogP contribution in [0, 0.1) is 0 Å². The van der Waals surface area contributed by atoms with E-state index in [-0.39, 0.29) is 5.97 Å². The maximum absolute atomic E-state index is 10.8. The molecule has 0 saturated heterocycles. The van der Waals surface area contributed by atoms with Crippen LogP contribution in [0.3, 0.4) is 0 Å². The summed E-state index contributed by atoms with van der Waals surface area (Å²) in [4.78, 5) is 10.8. The average Bonchev–Trinajstić information content (AvgIpc) is 2.39. The number of esters is 1. The first kappa shape index (κ1) is 12.9. The Labute approximate surface area is 112 Å². The number of carbonyl (C=O) groups excluding carboxylic acids is 1. The highest BCUT2D eigenvalue weighted by Crippen LogP contribution is 2.17. The van der Waals surface area contributed by atoms with E-state index in [2.05, 4.69) is 0 Å². The molecule has 0 aliphatic heterocycles. The molecule has 0 heterocycles. The van der Waals surface area contributed by atoms with E-state index in [4.69, 9.17) is 10.5 Å². The summed E-state index contributed by atoms with van der Waals surface area (Å²) in [6.07, 6.45) is 3.92. The SMILES string of the molecule is CC(=O)Oc1ccc(C=Cc2ccccc2N)cc1. The van der Waals surface area contributed by atoms with Crippen LogP contribution in [0.1, 0.15) is 18.1 Å². The van der Waals surface area contributed by atoms with Crippen molar-refractivity contribution < 1.29 is 9.53 Å². The number of ether oxygens (including phenoxy) is 1. The molecule has 0 radical (unpaired) electrons. The Kier molecular flexibility index (Phi) is 3.98. The summed E-state index contributed by atoms with van der Waals surface area (Å²) in [6, 6.07) is 15.0. The summed E-state index contributed by atoms with van der Waals surface area (Å²) in [6.45, 7) is 1.38. The van der Waals surface area contributed by atoms with Crippen molar-refractivity contribution in [3.8, 4) is 5.75 Å². The molecule has 0 fully saturated rings. The first-order valence-electron chi connectivity index (χ1n) is 5.96. The molecule has 0 aliphatic carbocycles. The lowest BCUT2D eigenvalue weighted by Gasteiger charge is -2.01. The fourth-order valence-corrected chi connectivity index (χ4v) is 1.66. The zero-order valence-corrected chi connectivity index (χ0v) is 10.7. The van der Waals surface area contributed by atoms with Gasteiger partial charge in [-0.15, -0.1) is 0 Å². The summed E-state index contributed by atoms with van der Waals surface area (Å²) >= 11 is 0. The topological polar surface area (TPSA) is 52.3 Å². The van der Waals surface area contributed by atoms with E-state index >= 15 is 0 Å². The number of carbonyl (C=O) groups is 1. The smallest absolute Gasteiger partial charge is 0.308 e. The molecule has 0 unspecified atom stereocenters. The fourth-order valence-electron chi connectivity index (χ4n) is 1.66. The van der Waals surface area contributed by atoms with Gasteiger partial charge in [-0.25, -0.2) is 0 Å². The molecule has 2 aromatic rings. The van der Waals surface area contributed by atoms with Gasteiger partial charge in [-0.2, -0.15) is 0 Å². The molecule has 0 aromatic heterocycles. The van der Waals surface area contributed by atoms with Gasteiger partial charge in [0, 0.05) is 12.6 Å². The van der Waals surface area contributed by atoms with E-state index in [0.29, 0.717) is 5.75 Å². The Morgan fingerprint density at radius 1 is 1.05 bits per heavy atom. The van der Waals surface area contributed by atoms with Crippen LogP contribution in [-0.2, 0) is 4.79 Å². The lowest BCUT2D eigenvalue weighted by Crippen LogP contribution is -2.00. The number of benzene rings is 2. The second-order valence-electron chi connectivity index (χ2n) is 4.12. The van der Waals surface area contributed by atoms with Gasteiger partial charge in [0.05, 0.1) is 0 Å². The lowest BCUT2D eigenvalue weighted by atomic mass is 10.1. The minimum Gasteiger partial charge on any atom is -0.427 e. The molecule has 2 rings (SSSR count). The van der Waals surface area contributed by atoms with Gasteiger partial charge in [0.15, 0.2) is 0 Å². The third-order valence-corrected chi connectivity index (χ3v) is 2.59. The van der Waals surface area contributed by atoms with Gasteiger partial charge in [-0.3, -0.25) is 4.79 Å². The second kappa shape index (κ2) is 5.87. The lowest BCUT2D eigenvalue weighted by molar-refractivity contribution is -0.131. The number of rotatable bonds is 3. The Morgan fingerprint density at radius 3 is 2.37 bits per heavy atom. The number of nitrogens with two attached hydrogens (primary N) is 1. The van der Waals surface area contributed by atoms with Gasteiger partial charge in [0.2, 0.25) is 0 Å². The summed E-state index contributed by atoms with van der Waals surface area (Å²) in [5.74, 6) is 0.226. The molecule has 3 heteroatoms. The zero-order chi connectivity index (χ0) is 13.7. The normalized spacial score (nSPS) is 10.6. The fraction of sp³-hybridized carbons (Fsp3) is 0.0625. The van der Waals surface area contributed by atoms with E-state index in [9.17, 15) is 4.79 Å². The first-order chi connectivity index (χ1) is 9.15. The van der Waals surface area contributed by atoms with E-state index in [1.807, 2.05) is 48.6 Å². The Morgan fingerprint density at radius 2 is 1.74 bits per heavy atom. The molecule has 0 amide bonds. The maximum Gasteiger partial charge on any atom is 0.308 e. The van der Waals surface area contributed by atoms with Crippen LogP contribution in [-0.4, -0.2) is 5.97 Å². The van der Waals surface area contributed by atoms with Crippen molar-refractivity contribution in [3.05, 3.63) is 59.7 Å².